The van der Waals surface area contributed by atoms with Crippen molar-refractivity contribution < 1.29 is 18.0 Å². The summed E-state index contributed by atoms with van der Waals surface area (Å²) in [5.74, 6) is -0.711. The summed E-state index contributed by atoms with van der Waals surface area (Å²) in [6.07, 6.45) is 0. The van der Waals surface area contributed by atoms with E-state index in [4.69, 9.17) is 0 Å². The number of hydrogen-bond donors (Lipinski definition) is 2. The summed E-state index contributed by atoms with van der Waals surface area (Å²) in [6, 6.07) is 14.9. The number of hydrogen-bond acceptors (Lipinski definition) is 5. The number of benzene rings is 2. The van der Waals surface area contributed by atoms with E-state index < -0.39 is 10.0 Å². The predicted octanol–water partition coefficient (Wildman–Crippen LogP) is 1.86. The van der Waals surface area contributed by atoms with Gasteiger partial charge in [-0.15, -0.1) is 0 Å². The second-order valence-electron chi connectivity index (χ2n) is 7.52. The summed E-state index contributed by atoms with van der Waals surface area (Å²) in [6.45, 7) is 4.10. The highest BCUT2D eigenvalue weighted by Crippen LogP contribution is 2.23. The minimum absolute atomic E-state index is 0.0341. The number of carbonyl (C=O) groups excluding carboxylic acids is 2. The molecule has 9 nitrogen and oxygen atoms in total. The van der Waals surface area contributed by atoms with Gasteiger partial charge in [-0.1, -0.05) is 12.1 Å². The Morgan fingerprint density at radius 2 is 1.81 bits per heavy atom. The van der Waals surface area contributed by atoms with Crippen molar-refractivity contribution in [2.24, 2.45) is 0 Å². The van der Waals surface area contributed by atoms with Crippen LogP contribution in [0.3, 0.4) is 0 Å². The molecule has 2 heterocycles. The smallest absolute Gasteiger partial charge is 0.255 e. The lowest BCUT2D eigenvalue weighted by Gasteiger charge is -2.25. The standard InChI is InChI=1S/C22H23N5O4S/c1-15-13-16(2)27(25-15)20-6-4-3-5-19(20)24-22(29)17-7-9-18(10-8-17)32(30,31)26-12-11-23-21(28)14-26/h3-10,13H,11-12,14H2,1-2H3,(H,23,28)(H,24,29). The first-order valence-electron chi connectivity index (χ1n) is 10.1. The first-order chi connectivity index (χ1) is 15.3. The van der Waals surface area contributed by atoms with Crippen LogP contribution in [0.15, 0.2) is 59.5 Å². The van der Waals surface area contributed by atoms with E-state index in [1.807, 2.05) is 38.1 Å². The number of aryl methyl sites for hydroxylation is 2. The Hall–Kier alpha value is -3.50. The van der Waals surface area contributed by atoms with Crippen molar-refractivity contribution in [3.63, 3.8) is 0 Å². The van der Waals surface area contributed by atoms with Gasteiger partial charge in [-0.25, -0.2) is 13.1 Å². The molecule has 1 fully saturated rings. The molecule has 3 aromatic rings. The summed E-state index contributed by atoms with van der Waals surface area (Å²) in [4.78, 5) is 24.4. The molecule has 32 heavy (non-hydrogen) atoms. The van der Waals surface area contributed by atoms with Crippen LogP contribution in [0.4, 0.5) is 5.69 Å². The number of rotatable bonds is 5. The summed E-state index contributed by atoms with van der Waals surface area (Å²) >= 11 is 0. The summed E-state index contributed by atoms with van der Waals surface area (Å²) in [7, 11) is -3.81. The molecule has 1 aromatic heterocycles. The van der Waals surface area contributed by atoms with Gasteiger partial charge in [0.1, 0.15) is 0 Å². The number of piperazine rings is 1. The van der Waals surface area contributed by atoms with Gasteiger partial charge in [0.2, 0.25) is 15.9 Å². The molecule has 2 N–H and O–H groups in total. The average molecular weight is 454 g/mol. The fourth-order valence-corrected chi connectivity index (χ4v) is 4.98. The van der Waals surface area contributed by atoms with Crippen LogP contribution in [0, 0.1) is 13.8 Å². The lowest BCUT2D eigenvalue weighted by Crippen LogP contribution is -2.49. The van der Waals surface area contributed by atoms with Gasteiger partial charge in [0.25, 0.3) is 5.91 Å². The van der Waals surface area contributed by atoms with Crippen LogP contribution < -0.4 is 10.6 Å². The zero-order valence-electron chi connectivity index (χ0n) is 17.7. The molecule has 0 saturated carbocycles. The Kier molecular flexibility index (Phi) is 5.81. The van der Waals surface area contributed by atoms with Crippen molar-refractivity contribution >= 4 is 27.5 Å². The number of para-hydroxylation sites is 2. The largest absolute Gasteiger partial charge is 0.354 e. The Bertz CT molecular complexity index is 1280. The number of aromatic nitrogens is 2. The highest BCUT2D eigenvalue weighted by atomic mass is 32.2. The van der Waals surface area contributed by atoms with Gasteiger partial charge >= 0.3 is 0 Å². The number of nitrogens with zero attached hydrogens (tertiary/aromatic N) is 3. The van der Waals surface area contributed by atoms with Crippen molar-refractivity contribution in [1.29, 1.82) is 0 Å². The van der Waals surface area contributed by atoms with E-state index >= 15 is 0 Å². The molecular formula is C22H23N5O4S. The molecule has 166 valence electrons. The van der Waals surface area contributed by atoms with E-state index in [0.29, 0.717) is 11.3 Å². The maximum atomic E-state index is 12.8. The first kappa shape index (κ1) is 21.7. The van der Waals surface area contributed by atoms with Crippen molar-refractivity contribution in [2.75, 3.05) is 25.0 Å². The van der Waals surface area contributed by atoms with E-state index in [-0.39, 0.29) is 36.3 Å². The Balaban J connectivity index is 1.55. The van der Waals surface area contributed by atoms with Crippen LogP contribution in [0.2, 0.25) is 0 Å². The minimum atomic E-state index is -3.81. The molecule has 0 aliphatic carbocycles. The molecule has 0 unspecified atom stereocenters. The maximum absolute atomic E-state index is 12.8. The van der Waals surface area contributed by atoms with Crippen LogP contribution in [-0.4, -0.2) is 54.0 Å². The van der Waals surface area contributed by atoms with Crippen molar-refractivity contribution in [1.82, 2.24) is 19.4 Å². The Labute approximate surface area is 186 Å². The highest BCUT2D eigenvalue weighted by Gasteiger charge is 2.29. The lowest BCUT2D eigenvalue weighted by molar-refractivity contribution is -0.122. The normalized spacial score (nSPS) is 14.8. The molecule has 0 bridgehead atoms. The van der Waals surface area contributed by atoms with Crippen molar-refractivity contribution in [3.8, 4) is 5.69 Å². The van der Waals surface area contributed by atoms with Crippen LogP contribution in [0.25, 0.3) is 5.69 Å². The average Bonchev–Trinajstić information content (AvgIpc) is 3.12. The van der Waals surface area contributed by atoms with Gasteiger partial charge < -0.3 is 10.6 Å². The third kappa shape index (κ3) is 4.27. The van der Waals surface area contributed by atoms with Gasteiger partial charge in [-0.2, -0.15) is 9.40 Å². The highest BCUT2D eigenvalue weighted by molar-refractivity contribution is 7.89. The Morgan fingerprint density at radius 1 is 1.09 bits per heavy atom. The number of carbonyl (C=O) groups is 2. The van der Waals surface area contributed by atoms with E-state index in [9.17, 15) is 18.0 Å². The molecule has 10 heteroatoms. The van der Waals surface area contributed by atoms with Crippen LogP contribution >= 0.6 is 0 Å². The van der Waals surface area contributed by atoms with E-state index in [1.165, 1.54) is 24.3 Å². The molecule has 1 aliphatic heterocycles. The quantitative estimate of drug-likeness (QED) is 0.612. The van der Waals surface area contributed by atoms with Gasteiger partial charge in [0.05, 0.1) is 28.5 Å². The monoisotopic (exact) mass is 453 g/mol. The fraction of sp³-hybridized carbons (Fsp3) is 0.227. The molecule has 1 saturated heterocycles. The SMILES string of the molecule is Cc1cc(C)n(-c2ccccc2NC(=O)c2ccc(S(=O)(=O)N3CCNC(=O)C3)cc2)n1. The molecular weight excluding hydrogens is 430 g/mol. The number of nitrogens with one attached hydrogen (secondary N) is 2. The Morgan fingerprint density at radius 3 is 2.47 bits per heavy atom. The van der Waals surface area contributed by atoms with E-state index in [1.54, 1.807) is 10.7 Å². The second-order valence-corrected chi connectivity index (χ2v) is 9.46. The number of anilines is 1. The van der Waals surface area contributed by atoms with Crippen LogP contribution in [-0.2, 0) is 14.8 Å². The minimum Gasteiger partial charge on any atom is -0.354 e. The predicted molar refractivity (Wildman–Crippen MR) is 119 cm³/mol. The van der Waals surface area contributed by atoms with E-state index in [2.05, 4.69) is 15.7 Å². The molecule has 2 amide bonds. The zero-order valence-corrected chi connectivity index (χ0v) is 18.5. The third-order valence-electron chi connectivity index (χ3n) is 5.15. The second kappa shape index (κ2) is 8.56. The molecule has 2 aromatic carbocycles. The fourth-order valence-electron chi connectivity index (χ4n) is 3.58. The van der Waals surface area contributed by atoms with Crippen molar-refractivity contribution in [2.45, 2.75) is 18.7 Å². The first-order valence-corrected chi connectivity index (χ1v) is 11.5. The summed E-state index contributed by atoms with van der Waals surface area (Å²) in [5.41, 5.74) is 3.43. The van der Waals surface area contributed by atoms with Crippen molar-refractivity contribution in [3.05, 3.63) is 71.5 Å². The molecule has 4 rings (SSSR count). The van der Waals surface area contributed by atoms with Gasteiger partial charge in [-0.05, 0) is 56.3 Å². The van der Waals surface area contributed by atoms with Crippen LogP contribution in [0.1, 0.15) is 21.7 Å². The number of sulfonamides is 1. The molecule has 0 radical (unpaired) electrons. The summed E-state index contributed by atoms with van der Waals surface area (Å²) in [5, 5.41) is 9.95. The number of amides is 2. The molecule has 1 aliphatic rings. The summed E-state index contributed by atoms with van der Waals surface area (Å²) < 4.78 is 28.4. The lowest BCUT2D eigenvalue weighted by atomic mass is 10.2. The molecule has 0 atom stereocenters. The van der Waals surface area contributed by atoms with E-state index in [0.717, 1.165) is 21.4 Å². The zero-order chi connectivity index (χ0) is 22.9. The van der Waals surface area contributed by atoms with Gasteiger partial charge in [-0.3, -0.25) is 9.59 Å². The topological polar surface area (TPSA) is 113 Å². The van der Waals surface area contributed by atoms with Gasteiger partial charge in [0.15, 0.2) is 0 Å². The molecule has 0 spiro atoms. The van der Waals surface area contributed by atoms with Gasteiger partial charge in [0, 0.05) is 24.3 Å². The third-order valence-corrected chi connectivity index (χ3v) is 7.01. The van der Waals surface area contributed by atoms with Crippen LogP contribution in [0.5, 0.6) is 0 Å². The maximum Gasteiger partial charge on any atom is 0.255 e.